The van der Waals surface area contributed by atoms with Crippen molar-refractivity contribution < 1.29 is 8.42 Å². The van der Waals surface area contributed by atoms with Crippen LogP contribution in [-0.4, -0.2) is 31.5 Å². The third kappa shape index (κ3) is 4.23. The average Bonchev–Trinajstić information content (AvgIpc) is 2.19. The Hall–Kier alpha value is -0.0900. The molecule has 0 aromatic heterocycles. The van der Waals surface area contributed by atoms with E-state index >= 15 is 0 Å². The zero-order valence-corrected chi connectivity index (χ0v) is 13.3. The van der Waals surface area contributed by atoms with E-state index in [1.165, 1.54) is 19.3 Å². The quantitative estimate of drug-likeness (QED) is 0.858. The monoisotopic (exact) mass is 275 g/mol. The predicted molar refractivity (Wildman–Crippen MR) is 77.5 cm³/mol. The molecule has 0 spiro atoms. The predicted octanol–water partition coefficient (Wildman–Crippen LogP) is 2.61. The van der Waals surface area contributed by atoms with E-state index in [4.69, 9.17) is 0 Å². The van der Waals surface area contributed by atoms with Crippen molar-refractivity contribution in [2.75, 3.05) is 12.3 Å². The Labute approximate surface area is 113 Å². The number of sulfone groups is 1. The summed E-state index contributed by atoms with van der Waals surface area (Å²) >= 11 is 0. The largest absolute Gasteiger partial charge is 0.313 e. The van der Waals surface area contributed by atoms with Gasteiger partial charge in [0.15, 0.2) is 9.84 Å². The molecule has 0 amide bonds. The highest BCUT2D eigenvalue weighted by atomic mass is 32.2. The molecule has 0 saturated heterocycles. The normalized spacial score (nSPS) is 30.4. The lowest BCUT2D eigenvalue weighted by Gasteiger charge is -2.33. The lowest BCUT2D eigenvalue weighted by Crippen LogP contribution is -2.42. The topological polar surface area (TPSA) is 46.2 Å². The maximum atomic E-state index is 12.0. The third-order valence-corrected chi connectivity index (χ3v) is 6.75. The molecule has 1 saturated carbocycles. The summed E-state index contributed by atoms with van der Waals surface area (Å²) < 4.78 is 23.3. The van der Waals surface area contributed by atoms with Crippen LogP contribution in [0.15, 0.2) is 0 Å². The van der Waals surface area contributed by atoms with Crippen LogP contribution in [0.4, 0.5) is 0 Å². The SMILES string of the molecule is CC1CCC(NCCS(=O)(=O)C(C)(C)C)C(C)C1. The second-order valence-corrected chi connectivity index (χ2v) is 9.75. The van der Waals surface area contributed by atoms with Crippen LogP contribution in [0.3, 0.4) is 0 Å². The van der Waals surface area contributed by atoms with Gasteiger partial charge in [-0.3, -0.25) is 0 Å². The molecule has 108 valence electrons. The van der Waals surface area contributed by atoms with Crippen molar-refractivity contribution in [2.24, 2.45) is 11.8 Å². The molecule has 4 heteroatoms. The summed E-state index contributed by atoms with van der Waals surface area (Å²) in [6.07, 6.45) is 3.69. The first kappa shape index (κ1) is 16.0. The first-order valence-corrected chi connectivity index (χ1v) is 8.74. The molecule has 1 fully saturated rings. The maximum Gasteiger partial charge on any atom is 0.156 e. The summed E-state index contributed by atoms with van der Waals surface area (Å²) in [6, 6.07) is 0.497. The molecule has 0 aromatic rings. The van der Waals surface area contributed by atoms with Crippen LogP contribution >= 0.6 is 0 Å². The second-order valence-electron chi connectivity index (χ2n) is 6.89. The molecule has 1 N–H and O–H groups in total. The van der Waals surface area contributed by atoms with Crippen molar-refractivity contribution >= 4 is 9.84 Å². The van der Waals surface area contributed by atoms with Gasteiger partial charge in [-0.25, -0.2) is 8.42 Å². The van der Waals surface area contributed by atoms with Crippen LogP contribution in [0.25, 0.3) is 0 Å². The van der Waals surface area contributed by atoms with Crippen molar-refractivity contribution in [3.8, 4) is 0 Å². The molecule has 1 aliphatic rings. The van der Waals surface area contributed by atoms with E-state index in [0.29, 0.717) is 18.5 Å². The van der Waals surface area contributed by atoms with Gasteiger partial charge in [-0.15, -0.1) is 0 Å². The Morgan fingerprint density at radius 3 is 2.28 bits per heavy atom. The number of rotatable bonds is 4. The first-order valence-electron chi connectivity index (χ1n) is 7.09. The van der Waals surface area contributed by atoms with Gasteiger partial charge >= 0.3 is 0 Å². The van der Waals surface area contributed by atoms with Crippen molar-refractivity contribution in [3.05, 3.63) is 0 Å². The van der Waals surface area contributed by atoms with E-state index in [-0.39, 0.29) is 5.75 Å². The van der Waals surface area contributed by atoms with Gasteiger partial charge < -0.3 is 5.32 Å². The van der Waals surface area contributed by atoms with Crippen LogP contribution in [-0.2, 0) is 9.84 Å². The summed E-state index contributed by atoms with van der Waals surface area (Å²) in [4.78, 5) is 0. The van der Waals surface area contributed by atoms with Crippen molar-refractivity contribution in [3.63, 3.8) is 0 Å². The molecule has 0 bridgehead atoms. The van der Waals surface area contributed by atoms with Crippen LogP contribution in [0.2, 0.25) is 0 Å². The van der Waals surface area contributed by atoms with Gasteiger partial charge in [0.25, 0.3) is 0 Å². The molecule has 3 atom stereocenters. The van der Waals surface area contributed by atoms with Crippen molar-refractivity contribution in [1.82, 2.24) is 5.32 Å². The standard InChI is InChI=1S/C14H29NO2S/c1-11-6-7-13(12(2)10-11)15-8-9-18(16,17)14(3,4)5/h11-13,15H,6-10H2,1-5H3. The van der Waals surface area contributed by atoms with Crippen LogP contribution in [0, 0.1) is 11.8 Å². The molecule has 0 aliphatic heterocycles. The fourth-order valence-corrected chi connectivity index (χ4v) is 3.65. The molecule has 3 nitrogen and oxygen atoms in total. The molecule has 1 rings (SSSR count). The summed E-state index contributed by atoms with van der Waals surface area (Å²) in [7, 11) is -2.99. The number of hydrogen-bond acceptors (Lipinski definition) is 3. The van der Waals surface area contributed by atoms with Crippen LogP contribution in [0.1, 0.15) is 53.9 Å². The minimum absolute atomic E-state index is 0.245. The molecule has 0 heterocycles. The Morgan fingerprint density at radius 1 is 1.17 bits per heavy atom. The van der Waals surface area contributed by atoms with E-state index in [1.807, 2.05) is 0 Å². The van der Waals surface area contributed by atoms with Crippen LogP contribution < -0.4 is 5.32 Å². The van der Waals surface area contributed by atoms with E-state index in [9.17, 15) is 8.42 Å². The smallest absolute Gasteiger partial charge is 0.156 e. The summed E-state index contributed by atoms with van der Waals surface area (Å²) in [6.45, 7) is 10.5. The Kier molecular flexibility index (Phi) is 5.24. The molecular weight excluding hydrogens is 246 g/mol. The van der Waals surface area contributed by atoms with E-state index in [0.717, 1.165) is 5.92 Å². The van der Waals surface area contributed by atoms with Crippen LogP contribution in [0.5, 0.6) is 0 Å². The summed E-state index contributed by atoms with van der Waals surface area (Å²) in [5.41, 5.74) is 0. The Bertz CT molecular complexity index is 356. The van der Waals surface area contributed by atoms with Gasteiger partial charge in [0.2, 0.25) is 0 Å². The van der Waals surface area contributed by atoms with Gasteiger partial charge in [0, 0.05) is 12.6 Å². The molecule has 18 heavy (non-hydrogen) atoms. The van der Waals surface area contributed by atoms with Gasteiger partial charge in [-0.1, -0.05) is 13.8 Å². The highest BCUT2D eigenvalue weighted by molar-refractivity contribution is 7.92. The Morgan fingerprint density at radius 2 is 1.78 bits per heavy atom. The lowest BCUT2D eigenvalue weighted by atomic mass is 9.80. The molecule has 1 aliphatic carbocycles. The zero-order chi connectivity index (χ0) is 14.0. The molecule has 3 unspecified atom stereocenters. The molecule has 0 aromatic carbocycles. The zero-order valence-electron chi connectivity index (χ0n) is 12.5. The van der Waals surface area contributed by atoms with E-state index < -0.39 is 14.6 Å². The highest BCUT2D eigenvalue weighted by Gasteiger charge is 2.29. The summed E-state index contributed by atoms with van der Waals surface area (Å²) in [5.74, 6) is 1.72. The Balaban J connectivity index is 2.39. The number of hydrogen-bond donors (Lipinski definition) is 1. The third-order valence-electron chi connectivity index (χ3n) is 4.14. The fraction of sp³-hybridized carbons (Fsp3) is 1.00. The minimum atomic E-state index is -2.99. The van der Waals surface area contributed by atoms with Gasteiger partial charge in [0.05, 0.1) is 10.5 Å². The highest BCUT2D eigenvalue weighted by Crippen LogP contribution is 2.28. The molecule has 0 radical (unpaired) electrons. The number of nitrogens with one attached hydrogen (secondary N) is 1. The van der Waals surface area contributed by atoms with Gasteiger partial charge in [0.1, 0.15) is 0 Å². The van der Waals surface area contributed by atoms with Crippen molar-refractivity contribution in [2.45, 2.75) is 64.7 Å². The minimum Gasteiger partial charge on any atom is -0.313 e. The van der Waals surface area contributed by atoms with E-state index in [2.05, 4.69) is 19.2 Å². The van der Waals surface area contributed by atoms with Gasteiger partial charge in [-0.05, 0) is 51.9 Å². The first-order chi connectivity index (χ1) is 8.13. The second kappa shape index (κ2) is 5.91. The van der Waals surface area contributed by atoms with Gasteiger partial charge in [-0.2, -0.15) is 0 Å². The van der Waals surface area contributed by atoms with Crippen molar-refractivity contribution in [1.29, 1.82) is 0 Å². The maximum absolute atomic E-state index is 12.0. The summed E-state index contributed by atoms with van der Waals surface area (Å²) in [5, 5.41) is 3.44. The van der Waals surface area contributed by atoms with E-state index in [1.54, 1.807) is 20.8 Å². The fourth-order valence-electron chi connectivity index (χ4n) is 2.65. The molecular formula is C14H29NO2S. The lowest BCUT2D eigenvalue weighted by molar-refractivity contribution is 0.231. The average molecular weight is 275 g/mol.